The van der Waals surface area contributed by atoms with Crippen molar-refractivity contribution >= 4 is 52.8 Å². The molecule has 0 nitrogen and oxygen atoms in total. The van der Waals surface area contributed by atoms with Crippen molar-refractivity contribution in [3.05, 3.63) is 34.3 Å². The van der Waals surface area contributed by atoms with Gasteiger partial charge in [0, 0.05) is 16.1 Å². The number of hydrogen-bond acceptors (Lipinski definition) is 0. The summed E-state index contributed by atoms with van der Waals surface area (Å²) in [5.41, 5.74) is 0. The van der Waals surface area contributed by atoms with Crippen LogP contribution < -0.4 is 0 Å². The van der Waals surface area contributed by atoms with Crippen LogP contribution in [-0.4, -0.2) is 29.6 Å². The molecule has 0 saturated heterocycles. The molecule has 0 fully saturated rings. The van der Waals surface area contributed by atoms with Gasteiger partial charge in [-0.3, -0.25) is 0 Å². The van der Waals surface area contributed by atoms with Gasteiger partial charge in [0.25, 0.3) is 0 Å². The van der Waals surface area contributed by atoms with Gasteiger partial charge in [-0.25, -0.2) is 0 Å². The molecule has 0 aliphatic rings. The van der Waals surface area contributed by atoms with Gasteiger partial charge in [-0.15, -0.1) is 0 Å². The Labute approximate surface area is 86.5 Å². The Morgan fingerprint density at radius 1 is 1.33 bits per heavy atom. The second-order valence-corrected chi connectivity index (χ2v) is 2.20. The summed E-state index contributed by atoms with van der Waals surface area (Å²) in [6.07, 6.45) is 0. The summed E-state index contributed by atoms with van der Waals surface area (Å²) in [7, 11) is 0. The number of benzene rings is 1. The van der Waals surface area contributed by atoms with Crippen molar-refractivity contribution in [2.45, 2.75) is 0 Å². The average Bonchev–Trinajstić information content (AvgIpc) is 1.64. The molecule has 0 N–H and O–H groups in total. The normalized spacial score (nSPS) is 8.22. The molecule has 0 aliphatic carbocycles. The minimum atomic E-state index is 0. The fraction of sp³-hybridized carbons (Fsp3) is 0. The predicted molar refractivity (Wildman–Crippen MR) is 42.4 cm³/mol. The first-order chi connectivity index (χ1) is 3.79. The molecule has 9 heavy (non-hydrogen) atoms. The van der Waals surface area contributed by atoms with E-state index in [4.69, 9.17) is 23.2 Å². The van der Waals surface area contributed by atoms with Crippen molar-refractivity contribution in [3.8, 4) is 0 Å². The second kappa shape index (κ2) is 4.59. The van der Waals surface area contributed by atoms with E-state index in [9.17, 15) is 0 Å². The molecule has 43 valence electrons. The quantitative estimate of drug-likeness (QED) is 0.523. The third kappa shape index (κ3) is 3.49. The Bertz CT molecular complexity index is 171. The topological polar surface area (TPSA) is 0 Å². The van der Waals surface area contributed by atoms with Crippen LogP contribution in [0.15, 0.2) is 18.2 Å². The molecule has 0 heterocycles. The Morgan fingerprint density at radius 2 is 2.00 bits per heavy atom. The summed E-state index contributed by atoms with van der Waals surface area (Å²) in [4.78, 5) is 0. The van der Waals surface area contributed by atoms with Crippen LogP contribution >= 0.6 is 23.2 Å². The molecule has 0 aliphatic heterocycles. The molecule has 3 heteroatoms. The number of hydrogen-bond donors (Lipinski definition) is 0. The summed E-state index contributed by atoms with van der Waals surface area (Å²) in [5, 5.41) is 1.20. The molecular formula is C6H4Cl2Na. The first-order valence-electron chi connectivity index (χ1n) is 2.12. The van der Waals surface area contributed by atoms with E-state index in [1.54, 1.807) is 18.2 Å². The van der Waals surface area contributed by atoms with Crippen molar-refractivity contribution < 1.29 is 0 Å². The van der Waals surface area contributed by atoms with Gasteiger partial charge in [0.15, 0.2) is 0 Å². The van der Waals surface area contributed by atoms with Crippen LogP contribution in [0.4, 0.5) is 0 Å². The molecular weight excluding hydrogens is 166 g/mol. The van der Waals surface area contributed by atoms with Crippen LogP contribution in [0, 0.1) is 6.07 Å². The maximum absolute atomic E-state index is 5.54. The third-order valence-corrected chi connectivity index (χ3v) is 1.18. The zero-order chi connectivity index (χ0) is 5.98. The van der Waals surface area contributed by atoms with Crippen molar-refractivity contribution in [3.63, 3.8) is 0 Å². The van der Waals surface area contributed by atoms with Gasteiger partial charge >= 0.3 is 29.6 Å². The summed E-state index contributed by atoms with van der Waals surface area (Å²) in [5.74, 6) is 0. The Hall–Kier alpha value is 0.800. The van der Waals surface area contributed by atoms with Crippen LogP contribution in [0.3, 0.4) is 0 Å². The number of halogens is 2. The molecule has 0 saturated carbocycles. The van der Waals surface area contributed by atoms with E-state index in [1.807, 2.05) is 0 Å². The third-order valence-electron chi connectivity index (χ3n) is 0.728. The molecule has 0 unspecified atom stereocenters. The van der Waals surface area contributed by atoms with Crippen molar-refractivity contribution in [1.82, 2.24) is 0 Å². The maximum atomic E-state index is 5.54. The van der Waals surface area contributed by atoms with Crippen molar-refractivity contribution in [1.29, 1.82) is 0 Å². The van der Waals surface area contributed by atoms with Gasteiger partial charge in [-0.2, -0.15) is 0 Å². The molecule has 1 rings (SSSR count). The fourth-order valence-electron chi connectivity index (χ4n) is 0.412. The summed E-state index contributed by atoms with van der Waals surface area (Å²) >= 11 is 11.0. The summed E-state index contributed by atoms with van der Waals surface area (Å²) < 4.78 is 0. The van der Waals surface area contributed by atoms with Gasteiger partial charge in [-0.05, 0) is 12.1 Å². The van der Waals surface area contributed by atoms with Gasteiger partial charge in [0.1, 0.15) is 0 Å². The second-order valence-electron chi connectivity index (χ2n) is 1.35. The minimum absolute atomic E-state index is 0. The van der Waals surface area contributed by atoms with E-state index in [1.165, 1.54) is 0 Å². The Balaban J connectivity index is 0.000000640. The van der Waals surface area contributed by atoms with Crippen LogP contribution in [0.25, 0.3) is 0 Å². The first-order valence-corrected chi connectivity index (χ1v) is 2.87. The molecule has 1 aromatic rings. The van der Waals surface area contributed by atoms with Gasteiger partial charge in [0.2, 0.25) is 0 Å². The Morgan fingerprint density at radius 3 is 2.33 bits per heavy atom. The van der Waals surface area contributed by atoms with Crippen LogP contribution in [-0.2, 0) is 0 Å². The van der Waals surface area contributed by atoms with Gasteiger partial charge in [-0.1, -0.05) is 29.3 Å². The first kappa shape index (κ1) is 9.80. The average molecular weight is 170 g/mol. The zero-order valence-electron chi connectivity index (χ0n) is 3.99. The van der Waals surface area contributed by atoms with Gasteiger partial charge in [0.05, 0.1) is 0 Å². The molecule has 1 aromatic carbocycles. The molecule has 0 spiro atoms. The zero-order valence-corrected chi connectivity index (χ0v) is 5.50. The summed E-state index contributed by atoms with van der Waals surface area (Å²) in [6, 6.07) is 7.81. The SMILES string of the molecule is Clc1[c]ccc(Cl)c1.[NaH]. The van der Waals surface area contributed by atoms with Crippen molar-refractivity contribution in [2.24, 2.45) is 0 Å². The summed E-state index contributed by atoms with van der Waals surface area (Å²) in [6.45, 7) is 0. The van der Waals surface area contributed by atoms with E-state index in [-0.39, 0.29) is 29.6 Å². The van der Waals surface area contributed by atoms with Crippen LogP contribution in [0.5, 0.6) is 0 Å². The molecule has 0 bridgehead atoms. The van der Waals surface area contributed by atoms with E-state index in [0.717, 1.165) is 0 Å². The fourth-order valence-corrected chi connectivity index (χ4v) is 0.820. The van der Waals surface area contributed by atoms with Crippen molar-refractivity contribution in [2.75, 3.05) is 0 Å². The van der Waals surface area contributed by atoms with E-state index in [0.29, 0.717) is 10.0 Å². The monoisotopic (exact) mass is 169 g/mol. The molecule has 0 amide bonds. The Kier molecular flexibility index (Phi) is 5.00. The van der Waals surface area contributed by atoms with E-state index < -0.39 is 0 Å². The van der Waals surface area contributed by atoms with E-state index in [2.05, 4.69) is 6.07 Å². The molecule has 1 radical (unpaired) electrons. The predicted octanol–water partition coefficient (Wildman–Crippen LogP) is 2.15. The molecule has 0 aromatic heterocycles. The van der Waals surface area contributed by atoms with Gasteiger partial charge < -0.3 is 0 Å². The van der Waals surface area contributed by atoms with E-state index >= 15 is 0 Å². The number of rotatable bonds is 0. The standard InChI is InChI=1S/C6H3Cl2.Na.H/c7-5-2-1-3-6(8)4-5;;/h1-2,4H;;. The van der Waals surface area contributed by atoms with Crippen LogP contribution in [0.1, 0.15) is 0 Å². The molecule has 0 atom stereocenters. The van der Waals surface area contributed by atoms with Crippen LogP contribution in [0.2, 0.25) is 10.0 Å².